The lowest BCUT2D eigenvalue weighted by molar-refractivity contribution is 0.246. The van der Waals surface area contributed by atoms with E-state index in [0.29, 0.717) is 6.04 Å². The molecule has 3 aromatic rings. The first-order valence-electron chi connectivity index (χ1n) is 8.48. The van der Waals surface area contributed by atoms with Gasteiger partial charge in [-0.15, -0.1) is 11.3 Å². The Morgan fingerprint density at radius 1 is 1.25 bits per heavy atom. The van der Waals surface area contributed by atoms with Crippen LogP contribution in [0.5, 0.6) is 0 Å². The van der Waals surface area contributed by atoms with Crippen LogP contribution in [-0.4, -0.2) is 26.2 Å². The minimum Gasteiger partial charge on any atom is -0.290 e. The molecule has 1 aliphatic rings. The predicted octanol–water partition coefficient (Wildman–Crippen LogP) is 3.80. The average Bonchev–Trinajstić information content (AvgIpc) is 3.31. The highest BCUT2D eigenvalue weighted by Gasteiger charge is 2.27. The van der Waals surface area contributed by atoms with Crippen molar-refractivity contribution in [3.8, 4) is 0 Å². The number of thiazole rings is 1. The van der Waals surface area contributed by atoms with Crippen molar-refractivity contribution >= 4 is 11.3 Å². The van der Waals surface area contributed by atoms with E-state index in [9.17, 15) is 0 Å². The zero-order valence-electron chi connectivity index (χ0n) is 13.9. The molecule has 0 amide bonds. The summed E-state index contributed by atoms with van der Waals surface area (Å²) in [7, 11) is 1.99. The first-order valence-corrected chi connectivity index (χ1v) is 9.36. The number of hydrogen-bond donors (Lipinski definition) is 0. The van der Waals surface area contributed by atoms with Crippen LogP contribution >= 0.6 is 11.3 Å². The topological polar surface area (TPSA) is 34.0 Å². The molecule has 4 rings (SSSR count). The smallest absolute Gasteiger partial charge is 0.0972 e. The van der Waals surface area contributed by atoms with Crippen LogP contribution in [0.1, 0.15) is 40.7 Å². The summed E-state index contributed by atoms with van der Waals surface area (Å²) >= 11 is 1.77. The third-order valence-corrected chi connectivity index (χ3v) is 5.53. The molecular formula is C19H22N4S. The molecule has 124 valence electrons. The van der Waals surface area contributed by atoms with Gasteiger partial charge in [-0.05, 0) is 24.9 Å². The molecule has 1 atom stereocenters. The Morgan fingerprint density at radius 2 is 2.12 bits per heavy atom. The molecule has 1 aliphatic heterocycles. The first-order chi connectivity index (χ1) is 11.8. The third kappa shape index (κ3) is 3.42. The highest BCUT2D eigenvalue weighted by atomic mass is 32.1. The fraction of sp³-hybridized carbons (Fsp3) is 0.368. The predicted molar refractivity (Wildman–Crippen MR) is 97.0 cm³/mol. The van der Waals surface area contributed by atoms with Crippen molar-refractivity contribution in [2.45, 2.75) is 31.8 Å². The molecule has 0 aliphatic carbocycles. The van der Waals surface area contributed by atoms with E-state index in [2.05, 4.69) is 51.9 Å². The Hall–Kier alpha value is -1.98. The van der Waals surface area contributed by atoms with Crippen molar-refractivity contribution in [3.05, 3.63) is 69.9 Å². The summed E-state index contributed by atoms with van der Waals surface area (Å²) in [5.74, 6) is 0. The summed E-state index contributed by atoms with van der Waals surface area (Å²) in [6, 6.07) is 11.1. The highest BCUT2D eigenvalue weighted by Crippen LogP contribution is 2.33. The van der Waals surface area contributed by atoms with Crippen LogP contribution in [0, 0.1) is 0 Å². The Balaban J connectivity index is 1.43. The van der Waals surface area contributed by atoms with Gasteiger partial charge in [-0.25, -0.2) is 4.98 Å². The molecule has 5 heteroatoms. The molecule has 0 N–H and O–H groups in total. The van der Waals surface area contributed by atoms with Crippen molar-refractivity contribution in [2.24, 2.45) is 7.05 Å². The molecular weight excluding hydrogens is 316 g/mol. The van der Waals surface area contributed by atoms with Crippen LogP contribution in [0.15, 0.2) is 48.1 Å². The zero-order valence-corrected chi connectivity index (χ0v) is 14.7. The van der Waals surface area contributed by atoms with Crippen molar-refractivity contribution in [1.29, 1.82) is 0 Å². The summed E-state index contributed by atoms with van der Waals surface area (Å²) in [6.45, 7) is 2.08. The number of rotatable bonds is 5. The molecule has 0 unspecified atom stereocenters. The second kappa shape index (κ2) is 6.87. The van der Waals surface area contributed by atoms with Gasteiger partial charge in [-0.1, -0.05) is 30.3 Å². The van der Waals surface area contributed by atoms with Crippen LogP contribution in [0.4, 0.5) is 0 Å². The number of nitrogens with zero attached hydrogens (tertiary/aromatic N) is 4. The number of hydrogen-bond acceptors (Lipinski definition) is 4. The van der Waals surface area contributed by atoms with Crippen molar-refractivity contribution < 1.29 is 0 Å². The first kappa shape index (κ1) is 15.5. The van der Waals surface area contributed by atoms with Gasteiger partial charge in [-0.2, -0.15) is 5.10 Å². The third-order valence-electron chi connectivity index (χ3n) is 4.64. The Morgan fingerprint density at radius 3 is 2.92 bits per heavy atom. The molecule has 0 bridgehead atoms. The lowest BCUT2D eigenvalue weighted by atomic mass is 10.1. The van der Waals surface area contributed by atoms with Gasteiger partial charge in [0.1, 0.15) is 0 Å². The minimum absolute atomic E-state index is 0.484. The molecule has 4 nitrogen and oxygen atoms in total. The SMILES string of the molecule is Cn1cc([C@H]2CCCN2Cc2csc(Cc3ccccc3)n2)cn1. The minimum atomic E-state index is 0.484. The molecule has 1 aromatic carbocycles. The van der Waals surface area contributed by atoms with E-state index in [0.717, 1.165) is 19.5 Å². The molecule has 24 heavy (non-hydrogen) atoms. The largest absolute Gasteiger partial charge is 0.290 e. The van der Waals surface area contributed by atoms with Gasteiger partial charge >= 0.3 is 0 Å². The summed E-state index contributed by atoms with van der Waals surface area (Å²) < 4.78 is 1.90. The second-order valence-electron chi connectivity index (χ2n) is 6.47. The van der Waals surface area contributed by atoms with Crippen LogP contribution < -0.4 is 0 Å². The standard InChI is InChI=1S/C19H22N4S/c1-22-12-16(11-20-22)18-8-5-9-23(18)13-17-14-24-19(21-17)10-15-6-3-2-4-7-15/h2-4,6-7,11-12,14,18H,5,8-10,13H2,1H3/t18-/m1/s1. The van der Waals surface area contributed by atoms with Gasteiger partial charge < -0.3 is 0 Å². The fourth-order valence-electron chi connectivity index (χ4n) is 3.49. The molecule has 3 heterocycles. The van der Waals surface area contributed by atoms with E-state index in [4.69, 9.17) is 4.98 Å². The van der Waals surface area contributed by atoms with E-state index >= 15 is 0 Å². The van der Waals surface area contributed by atoms with Crippen LogP contribution in [-0.2, 0) is 20.0 Å². The van der Waals surface area contributed by atoms with Gasteiger partial charge in [0.05, 0.1) is 16.9 Å². The molecule has 1 fully saturated rings. The Bertz CT molecular complexity index is 793. The zero-order chi connectivity index (χ0) is 16.4. The molecule has 0 radical (unpaired) electrons. The average molecular weight is 338 g/mol. The van der Waals surface area contributed by atoms with Crippen molar-refractivity contribution in [1.82, 2.24) is 19.7 Å². The fourth-order valence-corrected chi connectivity index (χ4v) is 4.31. The van der Waals surface area contributed by atoms with E-state index in [1.165, 1.54) is 34.7 Å². The Labute approximate surface area is 146 Å². The number of aromatic nitrogens is 3. The molecule has 1 saturated heterocycles. The molecule has 2 aromatic heterocycles. The van der Waals surface area contributed by atoms with E-state index in [1.54, 1.807) is 11.3 Å². The number of aryl methyl sites for hydroxylation is 1. The Kier molecular flexibility index (Phi) is 4.45. The van der Waals surface area contributed by atoms with Gasteiger partial charge in [0.2, 0.25) is 0 Å². The maximum atomic E-state index is 4.86. The number of benzene rings is 1. The lowest BCUT2D eigenvalue weighted by Gasteiger charge is -2.22. The maximum Gasteiger partial charge on any atom is 0.0972 e. The quantitative estimate of drug-likeness (QED) is 0.709. The van der Waals surface area contributed by atoms with E-state index in [-0.39, 0.29) is 0 Å². The van der Waals surface area contributed by atoms with Gasteiger partial charge in [0.25, 0.3) is 0 Å². The van der Waals surface area contributed by atoms with Gasteiger partial charge in [0, 0.05) is 43.2 Å². The second-order valence-corrected chi connectivity index (χ2v) is 7.41. The van der Waals surface area contributed by atoms with Crippen LogP contribution in [0.3, 0.4) is 0 Å². The summed E-state index contributed by atoms with van der Waals surface area (Å²) in [6.07, 6.45) is 7.54. The van der Waals surface area contributed by atoms with Crippen molar-refractivity contribution in [3.63, 3.8) is 0 Å². The summed E-state index contributed by atoms with van der Waals surface area (Å²) in [5, 5.41) is 7.75. The maximum absolute atomic E-state index is 4.86. The van der Waals surface area contributed by atoms with Crippen molar-refractivity contribution in [2.75, 3.05) is 6.54 Å². The monoisotopic (exact) mass is 338 g/mol. The van der Waals surface area contributed by atoms with E-state index in [1.807, 2.05) is 17.9 Å². The van der Waals surface area contributed by atoms with Gasteiger partial charge in [-0.3, -0.25) is 9.58 Å². The number of likely N-dealkylation sites (tertiary alicyclic amines) is 1. The molecule has 0 spiro atoms. The van der Waals surface area contributed by atoms with Crippen LogP contribution in [0.2, 0.25) is 0 Å². The molecule has 0 saturated carbocycles. The normalized spacial score (nSPS) is 18.3. The summed E-state index contributed by atoms with van der Waals surface area (Å²) in [5.41, 5.74) is 3.85. The van der Waals surface area contributed by atoms with Gasteiger partial charge in [0.15, 0.2) is 0 Å². The highest BCUT2D eigenvalue weighted by molar-refractivity contribution is 7.09. The van der Waals surface area contributed by atoms with E-state index < -0.39 is 0 Å². The summed E-state index contributed by atoms with van der Waals surface area (Å²) in [4.78, 5) is 7.40. The van der Waals surface area contributed by atoms with Crippen LogP contribution in [0.25, 0.3) is 0 Å². The lowest BCUT2D eigenvalue weighted by Crippen LogP contribution is -2.22.